The minimum atomic E-state index is -3.57. The van der Waals surface area contributed by atoms with Crippen LogP contribution in [0.1, 0.15) is 30.1 Å². The van der Waals surface area contributed by atoms with Gasteiger partial charge in [0, 0.05) is 18.8 Å². The summed E-state index contributed by atoms with van der Waals surface area (Å²) in [4.78, 5) is 24.1. The number of hydrogen-bond donors (Lipinski definition) is 1. The largest absolute Gasteiger partial charge is 0.452 e. The van der Waals surface area contributed by atoms with Gasteiger partial charge in [0.25, 0.3) is 5.91 Å². The number of rotatable bonds is 6. The smallest absolute Gasteiger partial charge is 0.338 e. The van der Waals surface area contributed by atoms with Gasteiger partial charge in [-0.05, 0) is 55.2 Å². The number of anilines is 1. The van der Waals surface area contributed by atoms with Crippen molar-refractivity contribution in [3.8, 4) is 0 Å². The van der Waals surface area contributed by atoms with Crippen molar-refractivity contribution < 1.29 is 22.7 Å². The molecule has 1 saturated heterocycles. The number of para-hydroxylation sites is 1. The van der Waals surface area contributed by atoms with Gasteiger partial charge >= 0.3 is 5.97 Å². The van der Waals surface area contributed by atoms with Crippen LogP contribution in [-0.4, -0.2) is 44.3 Å². The number of piperidine rings is 1. The van der Waals surface area contributed by atoms with E-state index in [-0.39, 0.29) is 10.5 Å². The zero-order valence-electron chi connectivity index (χ0n) is 16.2. The summed E-state index contributed by atoms with van der Waals surface area (Å²) in [6, 6.07) is 14.4. The third-order valence-corrected chi connectivity index (χ3v) is 6.78. The molecule has 3 rings (SSSR count). The normalized spacial score (nSPS) is 15.6. The van der Waals surface area contributed by atoms with Crippen molar-refractivity contribution in [2.75, 3.05) is 25.0 Å². The third kappa shape index (κ3) is 5.42. The summed E-state index contributed by atoms with van der Waals surface area (Å²) in [5.74, 6) is -0.621. The van der Waals surface area contributed by atoms with Crippen molar-refractivity contribution in [1.82, 2.24) is 4.31 Å². The molecule has 2 aromatic carbocycles. The van der Waals surface area contributed by atoms with Crippen LogP contribution in [0, 0.1) is 5.92 Å². The van der Waals surface area contributed by atoms with Crippen LogP contribution >= 0.6 is 0 Å². The number of esters is 1. The molecule has 1 aliphatic rings. The van der Waals surface area contributed by atoms with E-state index in [1.54, 1.807) is 24.3 Å². The molecule has 0 radical (unpaired) electrons. The first-order chi connectivity index (χ1) is 13.9. The lowest BCUT2D eigenvalue weighted by Gasteiger charge is -2.29. The molecule has 0 bridgehead atoms. The van der Waals surface area contributed by atoms with Crippen molar-refractivity contribution in [1.29, 1.82) is 0 Å². The fourth-order valence-electron chi connectivity index (χ4n) is 3.07. The zero-order valence-corrected chi connectivity index (χ0v) is 17.0. The highest BCUT2D eigenvalue weighted by atomic mass is 32.2. The lowest BCUT2D eigenvalue weighted by atomic mass is 10.0. The Bertz CT molecular complexity index is 950. The van der Waals surface area contributed by atoms with Gasteiger partial charge in [-0.1, -0.05) is 25.1 Å². The predicted molar refractivity (Wildman–Crippen MR) is 109 cm³/mol. The van der Waals surface area contributed by atoms with E-state index in [1.165, 1.54) is 28.6 Å². The van der Waals surface area contributed by atoms with E-state index >= 15 is 0 Å². The monoisotopic (exact) mass is 416 g/mol. The molecule has 154 valence electrons. The number of amides is 1. The van der Waals surface area contributed by atoms with E-state index in [0.29, 0.717) is 24.7 Å². The molecule has 29 heavy (non-hydrogen) atoms. The Hall–Kier alpha value is -2.71. The lowest BCUT2D eigenvalue weighted by molar-refractivity contribution is -0.119. The van der Waals surface area contributed by atoms with E-state index in [2.05, 4.69) is 12.2 Å². The first-order valence-electron chi connectivity index (χ1n) is 9.48. The van der Waals surface area contributed by atoms with E-state index in [9.17, 15) is 18.0 Å². The minimum Gasteiger partial charge on any atom is -0.452 e. The molecular weight excluding hydrogens is 392 g/mol. The average molecular weight is 416 g/mol. The van der Waals surface area contributed by atoms with Crippen molar-refractivity contribution in [2.45, 2.75) is 24.7 Å². The van der Waals surface area contributed by atoms with Crippen LogP contribution in [-0.2, 0) is 19.6 Å². The van der Waals surface area contributed by atoms with Gasteiger partial charge < -0.3 is 10.1 Å². The molecule has 1 aliphatic heterocycles. The fourth-order valence-corrected chi connectivity index (χ4v) is 4.54. The van der Waals surface area contributed by atoms with Crippen molar-refractivity contribution in [3.05, 3.63) is 60.2 Å². The third-order valence-electron chi connectivity index (χ3n) is 4.86. The van der Waals surface area contributed by atoms with E-state index in [1.807, 2.05) is 6.07 Å². The summed E-state index contributed by atoms with van der Waals surface area (Å²) in [6.45, 7) is 2.69. The molecule has 1 amide bonds. The Morgan fingerprint density at radius 3 is 2.28 bits per heavy atom. The average Bonchev–Trinajstić information content (AvgIpc) is 2.73. The van der Waals surface area contributed by atoms with Crippen LogP contribution in [0.4, 0.5) is 5.69 Å². The molecule has 0 spiro atoms. The Balaban J connectivity index is 1.56. The van der Waals surface area contributed by atoms with Gasteiger partial charge in [-0.25, -0.2) is 13.2 Å². The van der Waals surface area contributed by atoms with Gasteiger partial charge in [-0.2, -0.15) is 4.31 Å². The number of benzene rings is 2. The first-order valence-corrected chi connectivity index (χ1v) is 10.9. The highest BCUT2D eigenvalue weighted by Gasteiger charge is 2.28. The molecule has 1 heterocycles. The fraction of sp³-hybridized carbons (Fsp3) is 0.333. The van der Waals surface area contributed by atoms with Crippen LogP contribution in [0.15, 0.2) is 59.5 Å². The van der Waals surface area contributed by atoms with Crippen LogP contribution in [0.2, 0.25) is 0 Å². The van der Waals surface area contributed by atoms with Gasteiger partial charge in [0.1, 0.15) is 0 Å². The number of nitrogens with zero attached hydrogens (tertiary/aromatic N) is 1. The van der Waals surface area contributed by atoms with Crippen LogP contribution in [0.25, 0.3) is 0 Å². The Morgan fingerprint density at radius 2 is 1.66 bits per heavy atom. The molecule has 0 unspecified atom stereocenters. The lowest BCUT2D eigenvalue weighted by Crippen LogP contribution is -2.37. The van der Waals surface area contributed by atoms with E-state index < -0.39 is 28.5 Å². The SMILES string of the molecule is CC1CCN(S(=O)(=O)c2ccc(C(=O)OCC(=O)Nc3ccccc3)cc2)CC1. The second-order valence-corrected chi connectivity index (χ2v) is 9.04. The second kappa shape index (κ2) is 9.19. The topological polar surface area (TPSA) is 92.8 Å². The maximum Gasteiger partial charge on any atom is 0.338 e. The molecule has 0 atom stereocenters. The molecular formula is C21H24N2O5S. The Labute approximate surface area is 170 Å². The van der Waals surface area contributed by atoms with E-state index in [0.717, 1.165) is 12.8 Å². The van der Waals surface area contributed by atoms with E-state index in [4.69, 9.17) is 4.74 Å². The minimum absolute atomic E-state index is 0.144. The van der Waals surface area contributed by atoms with Crippen LogP contribution in [0.3, 0.4) is 0 Å². The number of nitrogens with one attached hydrogen (secondary N) is 1. The molecule has 1 N–H and O–H groups in total. The number of ether oxygens (including phenoxy) is 1. The van der Waals surface area contributed by atoms with Gasteiger partial charge in [0.15, 0.2) is 6.61 Å². The summed E-state index contributed by atoms with van der Waals surface area (Å²) in [5.41, 5.74) is 0.791. The molecule has 0 aliphatic carbocycles. The number of sulfonamides is 1. The summed E-state index contributed by atoms with van der Waals surface area (Å²) >= 11 is 0. The van der Waals surface area contributed by atoms with Crippen molar-refractivity contribution >= 4 is 27.6 Å². The van der Waals surface area contributed by atoms with Crippen LogP contribution in [0.5, 0.6) is 0 Å². The van der Waals surface area contributed by atoms with Crippen molar-refractivity contribution in [3.63, 3.8) is 0 Å². The van der Waals surface area contributed by atoms with Crippen LogP contribution < -0.4 is 5.32 Å². The molecule has 8 heteroatoms. The maximum absolute atomic E-state index is 12.7. The summed E-state index contributed by atoms with van der Waals surface area (Å²) in [7, 11) is -3.57. The van der Waals surface area contributed by atoms with Gasteiger partial charge in [-0.15, -0.1) is 0 Å². The Morgan fingerprint density at radius 1 is 1.03 bits per heavy atom. The second-order valence-electron chi connectivity index (χ2n) is 7.10. The highest BCUT2D eigenvalue weighted by molar-refractivity contribution is 7.89. The molecule has 2 aromatic rings. The van der Waals surface area contributed by atoms with Crippen molar-refractivity contribution in [2.24, 2.45) is 5.92 Å². The molecule has 0 saturated carbocycles. The molecule has 1 fully saturated rings. The van der Waals surface area contributed by atoms with Gasteiger partial charge in [-0.3, -0.25) is 4.79 Å². The maximum atomic E-state index is 12.7. The number of hydrogen-bond acceptors (Lipinski definition) is 5. The Kier molecular flexibility index (Phi) is 6.66. The molecule has 7 nitrogen and oxygen atoms in total. The number of carbonyl (C=O) groups excluding carboxylic acids is 2. The molecule has 0 aromatic heterocycles. The first kappa shape index (κ1) is 21.0. The summed E-state index contributed by atoms with van der Waals surface area (Å²) < 4.78 is 31.9. The highest BCUT2D eigenvalue weighted by Crippen LogP contribution is 2.23. The van der Waals surface area contributed by atoms with Gasteiger partial charge in [0.05, 0.1) is 10.5 Å². The zero-order chi connectivity index (χ0) is 20.9. The van der Waals surface area contributed by atoms with Gasteiger partial charge in [0.2, 0.25) is 10.0 Å². The number of carbonyl (C=O) groups is 2. The standard InChI is InChI=1S/C21H24N2O5S/c1-16-11-13-23(14-12-16)29(26,27)19-9-7-17(8-10-19)21(25)28-15-20(24)22-18-5-3-2-4-6-18/h2-10,16H,11-15H2,1H3,(H,22,24). The quantitative estimate of drug-likeness (QED) is 0.731. The summed E-state index contributed by atoms with van der Waals surface area (Å²) in [5, 5.41) is 2.62. The summed E-state index contributed by atoms with van der Waals surface area (Å²) in [6.07, 6.45) is 1.68. The predicted octanol–water partition coefficient (Wildman–Crippen LogP) is 2.90.